The highest BCUT2D eigenvalue weighted by Gasteiger charge is 2.36. The van der Waals surface area contributed by atoms with Crippen LogP contribution in [0.25, 0.3) is 0 Å². The Morgan fingerprint density at radius 2 is 1.96 bits per heavy atom. The van der Waals surface area contributed by atoms with Crippen LogP contribution >= 0.6 is 0 Å². The van der Waals surface area contributed by atoms with Crippen molar-refractivity contribution in [3.8, 4) is 0 Å². The summed E-state index contributed by atoms with van der Waals surface area (Å²) in [5, 5.41) is 0. The third-order valence-electron chi connectivity index (χ3n) is 4.43. The normalized spacial score (nSPS) is 17.8. The van der Waals surface area contributed by atoms with E-state index in [2.05, 4.69) is 4.72 Å². The van der Waals surface area contributed by atoms with Crippen molar-refractivity contribution in [1.29, 1.82) is 0 Å². The van der Waals surface area contributed by atoms with Crippen LogP contribution in [0, 0.1) is 19.8 Å². The minimum atomic E-state index is -3.81. The van der Waals surface area contributed by atoms with Crippen LogP contribution in [0.15, 0.2) is 18.2 Å². The number of hydrogen-bond donors (Lipinski definition) is 1. The second-order valence-electron chi connectivity index (χ2n) is 7.00. The number of nitrogens with one attached hydrogen (secondary N) is 1. The number of rotatable bonds is 5. The van der Waals surface area contributed by atoms with E-state index in [1.807, 2.05) is 26.0 Å². The molecule has 0 aromatic heterocycles. The van der Waals surface area contributed by atoms with Gasteiger partial charge in [-0.2, -0.15) is 0 Å². The van der Waals surface area contributed by atoms with Crippen molar-refractivity contribution in [1.82, 2.24) is 9.62 Å². The number of hydrogen-bond acceptors (Lipinski definition) is 4. The molecule has 0 aliphatic carbocycles. The standard InChI is InChI=1S/C18H26N2O4S/c1-12(2)18(22)20-9-5-6-16(20)17(21)19-25(23,24)11-15-8-7-13(3)10-14(15)4/h7-8,10,12,16H,5-6,9,11H2,1-4H3,(H,19,21). The van der Waals surface area contributed by atoms with Gasteiger partial charge in [0.2, 0.25) is 15.9 Å². The Bertz CT molecular complexity index is 771. The molecule has 1 aliphatic heterocycles. The molecule has 1 unspecified atom stereocenters. The van der Waals surface area contributed by atoms with Crippen LogP contribution in [0.5, 0.6) is 0 Å². The van der Waals surface area contributed by atoms with Gasteiger partial charge in [-0.3, -0.25) is 14.3 Å². The predicted octanol–water partition coefficient (Wildman–Crippen LogP) is 1.90. The van der Waals surface area contributed by atoms with E-state index >= 15 is 0 Å². The van der Waals surface area contributed by atoms with E-state index in [1.165, 1.54) is 4.90 Å². The average molecular weight is 366 g/mol. The van der Waals surface area contributed by atoms with E-state index in [0.717, 1.165) is 11.1 Å². The summed E-state index contributed by atoms with van der Waals surface area (Å²) < 4.78 is 26.9. The predicted molar refractivity (Wildman–Crippen MR) is 96.3 cm³/mol. The molecule has 1 N–H and O–H groups in total. The van der Waals surface area contributed by atoms with Crippen LogP contribution in [-0.2, 0) is 25.4 Å². The fraction of sp³-hybridized carbons (Fsp3) is 0.556. The first-order valence-corrected chi connectivity index (χ1v) is 10.2. The monoisotopic (exact) mass is 366 g/mol. The van der Waals surface area contributed by atoms with Gasteiger partial charge in [-0.1, -0.05) is 37.6 Å². The Balaban J connectivity index is 2.09. The summed E-state index contributed by atoms with van der Waals surface area (Å²) in [7, 11) is -3.81. The molecule has 1 fully saturated rings. The summed E-state index contributed by atoms with van der Waals surface area (Å²) in [4.78, 5) is 26.1. The molecule has 138 valence electrons. The van der Waals surface area contributed by atoms with E-state index in [4.69, 9.17) is 0 Å². The zero-order valence-electron chi connectivity index (χ0n) is 15.2. The molecule has 2 rings (SSSR count). The maximum atomic E-state index is 12.4. The number of carbonyl (C=O) groups excluding carboxylic acids is 2. The van der Waals surface area contributed by atoms with Gasteiger partial charge in [0, 0.05) is 12.5 Å². The van der Waals surface area contributed by atoms with Gasteiger partial charge in [-0.25, -0.2) is 8.42 Å². The molecule has 6 nitrogen and oxygen atoms in total. The van der Waals surface area contributed by atoms with Crippen molar-refractivity contribution in [2.45, 2.75) is 52.3 Å². The first kappa shape index (κ1) is 19.4. The Morgan fingerprint density at radius 1 is 1.28 bits per heavy atom. The highest BCUT2D eigenvalue weighted by atomic mass is 32.2. The fourth-order valence-corrected chi connectivity index (χ4v) is 4.35. The van der Waals surface area contributed by atoms with E-state index in [0.29, 0.717) is 24.9 Å². The molecule has 1 aliphatic rings. The van der Waals surface area contributed by atoms with E-state index in [9.17, 15) is 18.0 Å². The lowest BCUT2D eigenvalue weighted by Gasteiger charge is -2.25. The first-order chi connectivity index (χ1) is 11.6. The van der Waals surface area contributed by atoms with Crippen LogP contribution in [-0.4, -0.2) is 37.7 Å². The Labute approximate surface area is 149 Å². The smallest absolute Gasteiger partial charge is 0.256 e. The third kappa shape index (κ3) is 4.81. The molecule has 1 aromatic carbocycles. The van der Waals surface area contributed by atoms with Gasteiger partial charge >= 0.3 is 0 Å². The highest BCUT2D eigenvalue weighted by molar-refractivity contribution is 7.89. The summed E-state index contributed by atoms with van der Waals surface area (Å²) in [6, 6.07) is 4.81. The molecule has 1 heterocycles. The topological polar surface area (TPSA) is 83.6 Å². The van der Waals surface area contributed by atoms with Crippen LogP contribution in [0.2, 0.25) is 0 Å². The molecule has 0 saturated carbocycles. The average Bonchev–Trinajstić information content (AvgIpc) is 2.98. The molecule has 1 atom stereocenters. The first-order valence-electron chi connectivity index (χ1n) is 8.51. The number of likely N-dealkylation sites (tertiary alicyclic amines) is 1. The molecular formula is C18H26N2O4S. The summed E-state index contributed by atoms with van der Waals surface area (Å²) in [5.74, 6) is -1.21. The molecule has 0 radical (unpaired) electrons. The number of sulfonamides is 1. The lowest BCUT2D eigenvalue weighted by atomic mass is 10.1. The number of amides is 2. The lowest BCUT2D eigenvalue weighted by molar-refractivity contribution is -0.140. The maximum Gasteiger partial charge on any atom is 0.256 e. The summed E-state index contributed by atoms with van der Waals surface area (Å²) in [6.45, 7) is 7.82. The van der Waals surface area contributed by atoms with Crippen LogP contribution in [0.1, 0.15) is 43.4 Å². The molecule has 1 aromatic rings. The number of benzene rings is 1. The molecule has 0 spiro atoms. The lowest BCUT2D eigenvalue weighted by Crippen LogP contribution is -2.48. The summed E-state index contributed by atoms with van der Waals surface area (Å²) in [6.07, 6.45) is 1.19. The Kier molecular flexibility index (Phi) is 5.87. The summed E-state index contributed by atoms with van der Waals surface area (Å²) in [5.41, 5.74) is 2.58. The fourth-order valence-electron chi connectivity index (χ4n) is 3.10. The molecule has 7 heteroatoms. The van der Waals surface area contributed by atoms with Crippen LogP contribution in [0.4, 0.5) is 0 Å². The summed E-state index contributed by atoms with van der Waals surface area (Å²) >= 11 is 0. The van der Waals surface area contributed by atoms with Crippen molar-refractivity contribution in [2.24, 2.45) is 5.92 Å². The van der Waals surface area contributed by atoms with Crippen molar-refractivity contribution >= 4 is 21.8 Å². The largest absolute Gasteiger partial charge is 0.330 e. The van der Waals surface area contributed by atoms with Gasteiger partial charge in [-0.15, -0.1) is 0 Å². The van der Waals surface area contributed by atoms with Crippen molar-refractivity contribution in [3.63, 3.8) is 0 Å². The number of carbonyl (C=O) groups is 2. The van der Waals surface area contributed by atoms with Gasteiger partial charge in [0.1, 0.15) is 6.04 Å². The SMILES string of the molecule is Cc1ccc(CS(=O)(=O)NC(=O)C2CCCN2C(=O)C(C)C)c(C)c1. The van der Waals surface area contributed by atoms with Crippen LogP contribution < -0.4 is 4.72 Å². The quantitative estimate of drug-likeness (QED) is 0.863. The Hall–Kier alpha value is -1.89. The van der Waals surface area contributed by atoms with Gasteiger partial charge in [0.05, 0.1) is 5.75 Å². The zero-order chi connectivity index (χ0) is 18.8. The molecule has 1 saturated heterocycles. The van der Waals surface area contributed by atoms with E-state index in [-0.39, 0.29) is 17.6 Å². The van der Waals surface area contributed by atoms with Crippen molar-refractivity contribution < 1.29 is 18.0 Å². The number of aryl methyl sites for hydroxylation is 2. The van der Waals surface area contributed by atoms with E-state index < -0.39 is 22.0 Å². The minimum absolute atomic E-state index is 0.121. The number of nitrogens with zero attached hydrogens (tertiary/aromatic N) is 1. The van der Waals surface area contributed by atoms with Crippen LogP contribution in [0.3, 0.4) is 0 Å². The maximum absolute atomic E-state index is 12.4. The van der Waals surface area contributed by atoms with Crippen molar-refractivity contribution in [2.75, 3.05) is 6.54 Å². The van der Waals surface area contributed by atoms with Crippen molar-refractivity contribution in [3.05, 3.63) is 34.9 Å². The van der Waals surface area contributed by atoms with Gasteiger partial charge in [0.15, 0.2) is 0 Å². The zero-order valence-corrected chi connectivity index (χ0v) is 16.0. The highest BCUT2D eigenvalue weighted by Crippen LogP contribution is 2.20. The Morgan fingerprint density at radius 3 is 2.56 bits per heavy atom. The molecular weight excluding hydrogens is 340 g/mol. The molecule has 0 bridgehead atoms. The second kappa shape index (κ2) is 7.56. The van der Waals surface area contributed by atoms with Gasteiger partial charge in [-0.05, 0) is 37.8 Å². The molecule has 25 heavy (non-hydrogen) atoms. The second-order valence-corrected chi connectivity index (χ2v) is 8.72. The van der Waals surface area contributed by atoms with E-state index in [1.54, 1.807) is 19.9 Å². The van der Waals surface area contributed by atoms with Gasteiger partial charge in [0.25, 0.3) is 5.91 Å². The third-order valence-corrected chi connectivity index (χ3v) is 5.64. The molecule has 2 amide bonds. The van der Waals surface area contributed by atoms with Gasteiger partial charge < -0.3 is 4.90 Å². The minimum Gasteiger partial charge on any atom is -0.330 e.